The van der Waals surface area contributed by atoms with Crippen molar-refractivity contribution in [2.75, 3.05) is 5.32 Å². The van der Waals surface area contributed by atoms with Gasteiger partial charge in [-0.25, -0.2) is 23.2 Å². The van der Waals surface area contributed by atoms with Crippen molar-refractivity contribution in [3.63, 3.8) is 0 Å². The molecule has 0 aliphatic rings. The maximum atomic E-state index is 13.3. The lowest BCUT2D eigenvalue weighted by Gasteiger charge is -2.16. The van der Waals surface area contributed by atoms with Gasteiger partial charge in [0.15, 0.2) is 5.82 Å². The molecule has 1 aromatic carbocycles. The first-order valence-corrected chi connectivity index (χ1v) is 9.12. The molecular formula is C16H14F3N5O2S. The maximum Gasteiger partial charge on any atom is 0.418 e. The van der Waals surface area contributed by atoms with Crippen LogP contribution in [0, 0.1) is 0 Å². The molecule has 0 fully saturated rings. The first-order valence-electron chi connectivity index (χ1n) is 7.57. The van der Waals surface area contributed by atoms with E-state index in [2.05, 4.69) is 15.4 Å². The second-order valence-electron chi connectivity index (χ2n) is 5.58. The number of primary sulfonamides is 1. The average Bonchev–Trinajstić information content (AvgIpc) is 3.13. The van der Waals surface area contributed by atoms with Crippen LogP contribution >= 0.6 is 0 Å². The molecule has 0 unspecified atom stereocenters. The molecular weight excluding hydrogens is 383 g/mol. The highest BCUT2D eigenvalue weighted by molar-refractivity contribution is 7.89. The predicted molar refractivity (Wildman–Crippen MR) is 91.5 cm³/mol. The molecule has 7 nitrogen and oxygen atoms in total. The molecule has 0 spiro atoms. The van der Waals surface area contributed by atoms with E-state index in [1.807, 2.05) is 0 Å². The number of hydrogen-bond acceptors (Lipinski definition) is 5. The lowest BCUT2D eigenvalue weighted by Crippen LogP contribution is -2.16. The predicted octanol–water partition coefficient (Wildman–Crippen LogP) is 2.55. The molecule has 3 N–H and O–H groups in total. The van der Waals surface area contributed by atoms with Gasteiger partial charge in [-0.05, 0) is 42.0 Å². The van der Waals surface area contributed by atoms with E-state index in [1.165, 1.54) is 10.9 Å². The third-order valence-electron chi connectivity index (χ3n) is 3.66. The lowest BCUT2D eigenvalue weighted by atomic mass is 10.1. The summed E-state index contributed by atoms with van der Waals surface area (Å²) in [5, 5.41) is 11.6. The van der Waals surface area contributed by atoms with Crippen LogP contribution in [0.4, 0.5) is 18.9 Å². The zero-order valence-corrected chi connectivity index (χ0v) is 14.5. The van der Waals surface area contributed by atoms with Gasteiger partial charge < -0.3 is 5.32 Å². The highest BCUT2D eigenvalue weighted by atomic mass is 32.2. The fraction of sp³-hybridized carbons (Fsp3) is 0.125. The van der Waals surface area contributed by atoms with Gasteiger partial charge in [-0.3, -0.25) is 0 Å². The molecule has 3 rings (SSSR count). The second-order valence-corrected chi connectivity index (χ2v) is 7.14. The molecule has 0 saturated heterocycles. The number of hydrogen-bond donors (Lipinski definition) is 2. The monoisotopic (exact) mass is 397 g/mol. The average molecular weight is 397 g/mol. The van der Waals surface area contributed by atoms with E-state index < -0.39 is 26.7 Å². The Morgan fingerprint density at radius 3 is 2.56 bits per heavy atom. The number of sulfonamides is 1. The molecule has 2 heterocycles. The molecule has 27 heavy (non-hydrogen) atoms. The molecule has 142 valence electrons. The van der Waals surface area contributed by atoms with E-state index in [4.69, 9.17) is 5.14 Å². The van der Waals surface area contributed by atoms with Crippen LogP contribution in [0.15, 0.2) is 59.9 Å². The topological polar surface area (TPSA) is 103 Å². The summed E-state index contributed by atoms with van der Waals surface area (Å²) in [6, 6.07) is 7.61. The van der Waals surface area contributed by atoms with Gasteiger partial charge in [-0.2, -0.15) is 18.3 Å². The molecule has 11 heteroatoms. The van der Waals surface area contributed by atoms with Crippen molar-refractivity contribution < 1.29 is 21.6 Å². The maximum absolute atomic E-state index is 13.3. The third kappa shape index (κ3) is 4.44. The third-order valence-corrected chi connectivity index (χ3v) is 4.57. The number of aromatic nitrogens is 3. The summed E-state index contributed by atoms with van der Waals surface area (Å²) >= 11 is 0. The van der Waals surface area contributed by atoms with Crippen molar-refractivity contribution in [3.05, 3.63) is 66.1 Å². The molecule has 0 bridgehead atoms. The summed E-state index contributed by atoms with van der Waals surface area (Å²) in [6.45, 7) is 0.0641. The minimum Gasteiger partial charge on any atom is -0.380 e. The number of pyridine rings is 1. The van der Waals surface area contributed by atoms with Gasteiger partial charge in [-0.15, -0.1) is 0 Å². The van der Waals surface area contributed by atoms with Crippen LogP contribution in [-0.4, -0.2) is 23.2 Å². The summed E-state index contributed by atoms with van der Waals surface area (Å²) in [6.07, 6.45) is 0.0346. The SMILES string of the molecule is NS(=O)(=O)c1ccc(NCc2ccnc(-n3cccn3)c2)c(C(F)(F)F)c1. The minimum absolute atomic E-state index is 0.0641. The number of nitrogens with one attached hydrogen (secondary N) is 1. The van der Waals surface area contributed by atoms with E-state index in [1.54, 1.807) is 30.6 Å². The fourth-order valence-corrected chi connectivity index (χ4v) is 2.93. The van der Waals surface area contributed by atoms with Gasteiger partial charge in [-0.1, -0.05) is 0 Å². The summed E-state index contributed by atoms with van der Waals surface area (Å²) in [7, 11) is -4.25. The highest BCUT2D eigenvalue weighted by Gasteiger charge is 2.34. The molecule has 2 aromatic heterocycles. The smallest absolute Gasteiger partial charge is 0.380 e. The van der Waals surface area contributed by atoms with Crippen molar-refractivity contribution in [3.8, 4) is 5.82 Å². The number of nitrogens with zero attached hydrogens (tertiary/aromatic N) is 3. The Morgan fingerprint density at radius 1 is 1.15 bits per heavy atom. The van der Waals surface area contributed by atoms with Gasteiger partial charge in [0, 0.05) is 30.8 Å². The molecule has 0 aliphatic heterocycles. The van der Waals surface area contributed by atoms with Crippen molar-refractivity contribution in [2.45, 2.75) is 17.6 Å². The van der Waals surface area contributed by atoms with E-state index in [9.17, 15) is 21.6 Å². The highest BCUT2D eigenvalue weighted by Crippen LogP contribution is 2.36. The number of anilines is 1. The minimum atomic E-state index is -4.75. The summed E-state index contributed by atoms with van der Waals surface area (Å²) in [4.78, 5) is 3.54. The zero-order valence-electron chi connectivity index (χ0n) is 13.7. The fourth-order valence-electron chi connectivity index (χ4n) is 2.39. The van der Waals surface area contributed by atoms with Crippen molar-refractivity contribution in [1.82, 2.24) is 14.8 Å². The van der Waals surface area contributed by atoms with Gasteiger partial charge in [0.1, 0.15) is 0 Å². The van der Waals surface area contributed by atoms with E-state index in [0.717, 1.165) is 12.1 Å². The number of nitrogens with two attached hydrogens (primary N) is 1. The van der Waals surface area contributed by atoms with Crippen LogP contribution in [0.5, 0.6) is 0 Å². The summed E-state index contributed by atoms with van der Waals surface area (Å²) in [5.41, 5.74) is -0.707. The Balaban J connectivity index is 1.87. The van der Waals surface area contributed by atoms with Crippen LogP contribution in [0.2, 0.25) is 0 Å². The van der Waals surface area contributed by atoms with Crippen molar-refractivity contribution in [1.29, 1.82) is 0 Å². The van der Waals surface area contributed by atoms with Crippen LogP contribution in [-0.2, 0) is 22.7 Å². The molecule has 0 radical (unpaired) electrons. The van der Waals surface area contributed by atoms with Gasteiger partial charge in [0.2, 0.25) is 10.0 Å². The van der Waals surface area contributed by atoms with E-state index in [-0.39, 0.29) is 12.2 Å². The normalized spacial score (nSPS) is 12.1. The number of benzene rings is 1. The standard InChI is InChI=1S/C16H14F3N5O2S/c17-16(18,19)13-9-12(27(20,25)26)2-3-14(13)22-10-11-4-6-21-15(8-11)24-7-1-5-23-24/h1-9,22H,10H2,(H2,20,25,26). The Bertz CT molecular complexity index is 1050. The lowest BCUT2D eigenvalue weighted by molar-refractivity contribution is -0.137. The van der Waals surface area contributed by atoms with E-state index >= 15 is 0 Å². The Labute approximate surface area is 152 Å². The molecule has 0 atom stereocenters. The van der Waals surface area contributed by atoms with Crippen molar-refractivity contribution >= 4 is 15.7 Å². The quantitative estimate of drug-likeness (QED) is 0.689. The zero-order chi connectivity index (χ0) is 19.7. The van der Waals surface area contributed by atoms with Crippen LogP contribution in [0.3, 0.4) is 0 Å². The molecule has 0 amide bonds. The molecule has 0 aliphatic carbocycles. The number of rotatable bonds is 5. The van der Waals surface area contributed by atoms with E-state index in [0.29, 0.717) is 17.4 Å². The molecule has 3 aromatic rings. The Kier molecular flexibility index (Phi) is 4.89. The summed E-state index contributed by atoms with van der Waals surface area (Å²) < 4.78 is 64.1. The largest absolute Gasteiger partial charge is 0.418 e. The summed E-state index contributed by atoms with van der Waals surface area (Å²) in [5.74, 6) is 0.514. The Hall–Kier alpha value is -2.92. The van der Waals surface area contributed by atoms with Crippen LogP contribution < -0.4 is 10.5 Å². The van der Waals surface area contributed by atoms with Crippen LogP contribution in [0.25, 0.3) is 5.82 Å². The van der Waals surface area contributed by atoms with Gasteiger partial charge in [0.25, 0.3) is 0 Å². The van der Waals surface area contributed by atoms with Crippen LogP contribution in [0.1, 0.15) is 11.1 Å². The molecule has 0 saturated carbocycles. The Morgan fingerprint density at radius 2 is 1.93 bits per heavy atom. The number of alkyl halides is 3. The van der Waals surface area contributed by atoms with Crippen molar-refractivity contribution in [2.24, 2.45) is 5.14 Å². The van der Waals surface area contributed by atoms with Gasteiger partial charge in [0.05, 0.1) is 10.5 Å². The second kappa shape index (κ2) is 7.00. The number of halogens is 3. The first-order chi connectivity index (χ1) is 12.6. The van der Waals surface area contributed by atoms with Gasteiger partial charge >= 0.3 is 6.18 Å². The first kappa shape index (κ1) is 18.9.